The Labute approximate surface area is 83.3 Å². The molecule has 0 saturated carbocycles. The standard InChI is InChI=1S/C9H16N2O3/c1-3-5-7(9(10)13)11-8(12)6-14-4-2/h3,7H,1,4-6H2,2H3,(H2,10,13)(H,11,12)/t7-/m1/s1. The van der Waals surface area contributed by atoms with Crippen molar-refractivity contribution in [2.45, 2.75) is 19.4 Å². The summed E-state index contributed by atoms with van der Waals surface area (Å²) in [7, 11) is 0. The summed E-state index contributed by atoms with van der Waals surface area (Å²) >= 11 is 0. The molecule has 1 atom stereocenters. The van der Waals surface area contributed by atoms with E-state index in [1.54, 1.807) is 6.92 Å². The molecule has 0 unspecified atom stereocenters. The summed E-state index contributed by atoms with van der Waals surface area (Å²) in [5.41, 5.74) is 5.06. The molecule has 0 saturated heterocycles. The van der Waals surface area contributed by atoms with Crippen molar-refractivity contribution in [3.63, 3.8) is 0 Å². The second-order valence-electron chi connectivity index (χ2n) is 2.68. The zero-order valence-electron chi connectivity index (χ0n) is 8.29. The smallest absolute Gasteiger partial charge is 0.246 e. The van der Waals surface area contributed by atoms with Gasteiger partial charge in [-0.05, 0) is 13.3 Å². The van der Waals surface area contributed by atoms with Gasteiger partial charge in [-0.25, -0.2) is 0 Å². The van der Waals surface area contributed by atoms with Crippen LogP contribution >= 0.6 is 0 Å². The van der Waals surface area contributed by atoms with E-state index in [0.29, 0.717) is 13.0 Å². The number of hydrogen-bond acceptors (Lipinski definition) is 3. The van der Waals surface area contributed by atoms with E-state index in [2.05, 4.69) is 11.9 Å². The van der Waals surface area contributed by atoms with Crippen molar-refractivity contribution >= 4 is 11.8 Å². The molecule has 0 aromatic carbocycles. The first-order valence-electron chi connectivity index (χ1n) is 4.39. The van der Waals surface area contributed by atoms with Crippen molar-refractivity contribution in [1.82, 2.24) is 5.32 Å². The van der Waals surface area contributed by atoms with Gasteiger partial charge in [-0.15, -0.1) is 6.58 Å². The van der Waals surface area contributed by atoms with E-state index < -0.39 is 11.9 Å². The Kier molecular flexibility index (Phi) is 6.39. The van der Waals surface area contributed by atoms with Crippen molar-refractivity contribution in [3.05, 3.63) is 12.7 Å². The van der Waals surface area contributed by atoms with E-state index in [1.165, 1.54) is 6.08 Å². The fraction of sp³-hybridized carbons (Fsp3) is 0.556. The van der Waals surface area contributed by atoms with E-state index >= 15 is 0 Å². The molecule has 3 N–H and O–H groups in total. The van der Waals surface area contributed by atoms with Crippen molar-refractivity contribution in [3.8, 4) is 0 Å². The Hall–Kier alpha value is -1.36. The van der Waals surface area contributed by atoms with Crippen molar-refractivity contribution < 1.29 is 14.3 Å². The van der Waals surface area contributed by atoms with Gasteiger partial charge in [-0.3, -0.25) is 9.59 Å². The third-order valence-corrected chi connectivity index (χ3v) is 1.52. The third-order valence-electron chi connectivity index (χ3n) is 1.52. The van der Waals surface area contributed by atoms with Gasteiger partial charge >= 0.3 is 0 Å². The molecule has 0 aliphatic heterocycles. The van der Waals surface area contributed by atoms with Crippen LogP contribution in [-0.2, 0) is 14.3 Å². The zero-order valence-corrected chi connectivity index (χ0v) is 8.29. The molecule has 0 aliphatic carbocycles. The molecule has 0 aromatic rings. The van der Waals surface area contributed by atoms with Crippen molar-refractivity contribution in [2.24, 2.45) is 5.73 Å². The van der Waals surface area contributed by atoms with E-state index in [1.807, 2.05) is 0 Å². The maximum absolute atomic E-state index is 11.1. The molecule has 0 radical (unpaired) electrons. The number of carbonyl (C=O) groups excluding carboxylic acids is 2. The molecule has 80 valence electrons. The largest absolute Gasteiger partial charge is 0.372 e. The maximum Gasteiger partial charge on any atom is 0.246 e. The Balaban J connectivity index is 3.95. The molecule has 0 heterocycles. The van der Waals surface area contributed by atoms with Gasteiger partial charge in [0.1, 0.15) is 12.6 Å². The number of ether oxygens (including phenoxy) is 1. The van der Waals surface area contributed by atoms with Crippen molar-refractivity contribution in [2.75, 3.05) is 13.2 Å². The van der Waals surface area contributed by atoms with Gasteiger partial charge in [-0.2, -0.15) is 0 Å². The lowest BCUT2D eigenvalue weighted by Gasteiger charge is -2.12. The molecule has 5 nitrogen and oxygen atoms in total. The molecule has 0 bridgehead atoms. The summed E-state index contributed by atoms with van der Waals surface area (Å²) in [6.07, 6.45) is 1.85. The van der Waals surface area contributed by atoms with Gasteiger partial charge in [0.2, 0.25) is 11.8 Å². The van der Waals surface area contributed by atoms with Gasteiger partial charge in [-0.1, -0.05) is 6.08 Å². The first-order chi connectivity index (χ1) is 6.61. The summed E-state index contributed by atoms with van der Waals surface area (Å²) in [6.45, 7) is 5.64. The predicted molar refractivity (Wildman–Crippen MR) is 52.4 cm³/mol. The molecule has 0 spiro atoms. The molecule has 5 heteroatoms. The predicted octanol–water partition coefficient (Wildman–Crippen LogP) is -0.431. The minimum absolute atomic E-state index is 0.0581. The lowest BCUT2D eigenvalue weighted by Crippen LogP contribution is -2.45. The summed E-state index contributed by atoms with van der Waals surface area (Å²) in [5.74, 6) is -0.924. The lowest BCUT2D eigenvalue weighted by atomic mass is 10.2. The topological polar surface area (TPSA) is 81.4 Å². The molecule has 0 aromatic heterocycles. The van der Waals surface area contributed by atoms with Gasteiger partial charge in [0.15, 0.2) is 0 Å². The quantitative estimate of drug-likeness (QED) is 0.547. The van der Waals surface area contributed by atoms with Crippen LogP contribution in [0, 0.1) is 0 Å². The second kappa shape index (κ2) is 7.08. The molecule has 0 fully saturated rings. The van der Waals surface area contributed by atoms with Crippen molar-refractivity contribution in [1.29, 1.82) is 0 Å². The Bertz CT molecular complexity index is 216. The first-order valence-corrected chi connectivity index (χ1v) is 4.39. The van der Waals surface area contributed by atoms with Crippen LogP contribution in [0.4, 0.5) is 0 Å². The Morgan fingerprint density at radius 3 is 2.71 bits per heavy atom. The second-order valence-corrected chi connectivity index (χ2v) is 2.68. The van der Waals surface area contributed by atoms with Gasteiger partial charge in [0.05, 0.1) is 0 Å². The van der Waals surface area contributed by atoms with Crippen LogP contribution < -0.4 is 11.1 Å². The Morgan fingerprint density at radius 1 is 1.64 bits per heavy atom. The molecule has 0 aliphatic rings. The monoisotopic (exact) mass is 200 g/mol. The lowest BCUT2D eigenvalue weighted by molar-refractivity contribution is -0.130. The summed E-state index contributed by atoms with van der Waals surface area (Å²) < 4.78 is 4.86. The molecular formula is C9H16N2O3. The number of nitrogens with one attached hydrogen (secondary N) is 1. The zero-order chi connectivity index (χ0) is 11.0. The number of nitrogens with two attached hydrogens (primary N) is 1. The number of primary amides is 1. The summed E-state index contributed by atoms with van der Waals surface area (Å²) in [4.78, 5) is 21.9. The number of carbonyl (C=O) groups is 2. The fourth-order valence-corrected chi connectivity index (χ4v) is 0.844. The Morgan fingerprint density at radius 2 is 2.29 bits per heavy atom. The first kappa shape index (κ1) is 12.6. The highest BCUT2D eigenvalue weighted by Crippen LogP contribution is 1.91. The van der Waals surface area contributed by atoms with Crippen LogP contribution in [0.1, 0.15) is 13.3 Å². The summed E-state index contributed by atoms with van der Waals surface area (Å²) in [5, 5.41) is 2.44. The van der Waals surface area contributed by atoms with Crippen LogP contribution in [-0.4, -0.2) is 31.1 Å². The highest BCUT2D eigenvalue weighted by molar-refractivity contribution is 5.87. The fourth-order valence-electron chi connectivity index (χ4n) is 0.844. The van der Waals surface area contributed by atoms with E-state index in [9.17, 15) is 9.59 Å². The van der Waals surface area contributed by atoms with E-state index in [4.69, 9.17) is 10.5 Å². The minimum atomic E-state index is -0.694. The van der Waals surface area contributed by atoms with E-state index in [-0.39, 0.29) is 12.5 Å². The SMILES string of the molecule is C=CC[C@@H](NC(=O)COCC)C(N)=O. The summed E-state index contributed by atoms with van der Waals surface area (Å²) in [6, 6.07) is -0.694. The number of amides is 2. The maximum atomic E-state index is 11.1. The minimum Gasteiger partial charge on any atom is -0.372 e. The van der Waals surface area contributed by atoms with Gasteiger partial charge < -0.3 is 15.8 Å². The van der Waals surface area contributed by atoms with Crippen LogP contribution in [0.3, 0.4) is 0 Å². The average molecular weight is 200 g/mol. The molecule has 14 heavy (non-hydrogen) atoms. The average Bonchev–Trinajstić information content (AvgIpc) is 2.14. The van der Waals surface area contributed by atoms with E-state index in [0.717, 1.165) is 0 Å². The van der Waals surface area contributed by atoms with Crippen LogP contribution in [0.5, 0.6) is 0 Å². The van der Waals surface area contributed by atoms with Crippen LogP contribution in [0.15, 0.2) is 12.7 Å². The normalized spacial score (nSPS) is 11.8. The highest BCUT2D eigenvalue weighted by atomic mass is 16.5. The molecule has 2 amide bonds. The number of rotatable bonds is 7. The number of hydrogen-bond donors (Lipinski definition) is 2. The van der Waals surface area contributed by atoms with Gasteiger partial charge in [0, 0.05) is 6.61 Å². The highest BCUT2D eigenvalue weighted by Gasteiger charge is 2.15. The van der Waals surface area contributed by atoms with Crippen LogP contribution in [0.25, 0.3) is 0 Å². The molecular weight excluding hydrogens is 184 g/mol. The van der Waals surface area contributed by atoms with Gasteiger partial charge in [0.25, 0.3) is 0 Å². The third kappa shape index (κ3) is 5.31. The van der Waals surface area contributed by atoms with Crippen LogP contribution in [0.2, 0.25) is 0 Å². The molecule has 0 rings (SSSR count).